The summed E-state index contributed by atoms with van der Waals surface area (Å²) < 4.78 is 5.08. The molecule has 0 saturated carbocycles. The van der Waals surface area contributed by atoms with E-state index in [0.717, 1.165) is 11.1 Å². The molecule has 1 aromatic carbocycles. The number of amides is 1. The first kappa shape index (κ1) is 15.1. The zero-order valence-electron chi connectivity index (χ0n) is 11.5. The van der Waals surface area contributed by atoms with Crippen LogP contribution in [0.5, 0.6) is 0 Å². The number of aliphatic hydroxyl groups is 1. The summed E-state index contributed by atoms with van der Waals surface area (Å²) in [6.45, 7) is 5.62. The first-order valence-corrected chi connectivity index (χ1v) is 6.06. The lowest BCUT2D eigenvalue weighted by Crippen LogP contribution is -2.32. The van der Waals surface area contributed by atoms with E-state index >= 15 is 0 Å². The molecule has 2 N–H and O–H groups in total. The fourth-order valence-electron chi connectivity index (χ4n) is 1.32. The highest BCUT2D eigenvalue weighted by atomic mass is 16.6. The molecule has 0 bridgehead atoms. The Bertz CT molecular complexity index is 492. The SMILES string of the molecule is CC(C)(C)OC(=O)NCC#Cc1cccc(CO)c1. The number of hydrogen-bond donors (Lipinski definition) is 2. The third kappa shape index (κ3) is 6.49. The summed E-state index contributed by atoms with van der Waals surface area (Å²) in [5.41, 5.74) is 1.11. The molecule has 0 spiro atoms. The summed E-state index contributed by atoms with van der Waals surface area (Å²) in [6.07, 6.45) is -0.481. The minimum Gasteiger partial charge on any atom is -0.444 e. The molecular formula is C15H19NO3. The lowest BCUT2D eigenvalue weighted by atomic mass is 10.1. The Labute approximate surface area is 113 Å². The van der Waals surface area contributed by atoms with E-state index in [9.17, 15) is 4.79 Å². The van der Waals surface area contributed by atoms with Gasteiger partial charge in [-0.25, -0.2) is 4.79 Å². The molecule has 0 atom stereocenters. The van der Waals surface area contributed by atoms with Gasteiger partial charge in [-0.1, -0.05) is 24.0 Å². The topological polar surface area (TPSA) is 58.6 Å². The summed E-state index contributed by atoms with van der Waals surface area (Å²) in [7, 11) is 0. The molecule has 1 aromatic rings. The van der Waals surface area contributed by atoms with Gasteiger partial charge in [0.25, 0.3) is 0 Å². The summed E-state index contributed by atoms with van der Waals surface area (Å²) in [5, 5.41) is 11.5. The van der Waals surface area contributed by atoms with Gasteiger partial charge in [-0.15, -0.1) is 0 Å². The number of benzene rings is 1. The Morgan fingerprint density at radius 1 is 1.42 bits per heavy atom. The maximum atomic E-state index is 11.3. The Kier molecular flexibility index (Phi) is 5.40. The zero-order chi connectivity index (χ0) is 14.3. The molecule has 0 aliphatic carbocycles. The number of aliphatic hydroxyl groups excluding tert-OH is 1. The largest absolute Gasteiger partial charge is 0.444 e. The van der Waals surface area contributed by atoms with Crippen molar-refractivity contribution >= 4 is 6.09 Å². The van der Waals surface area contributed by atoms with Crippen molar-refractivity contribution in [3.8, 4) is 11.8 Å². The van der Waals surface area contributed by atoms with E-state index in [0.29, 0.717) is 0 Å². The van der Waals surface area contributed by atoms with Gasteiger partial charge < -0.3 is 15.2 Å². The van der Waals surface area contributed by atoms with Crippen LogP contribution in [0.25, 0.3) is 0 Å². The number of rotatable bonds is 2. The maximum Gasteiger partial charge on any atom is 0.408 e. The zero-order valence-corrected chi connectivity index (χ0v) is 11.5. The minimum atomic E-state index is -0.507. The van der Waals surface area contributed by atoms with Crippen molar-refractivity contribution < 1.29 is 14.6 Å². The predicted octanol–water partition coefficient (Wildman–Crippen LogP) is 2.06. The van der Waals surface area contributed by atoms with Crippen molar-refractivity contribution in [2.45, 2.75) is 33.0 Å². The first-order chi connectivity index (χ1) is 8.90. The summed E-state index contributed by atoms with van der Waals surface area (Å²) >= 11 is 0. The normalized spacial score (nSPS) is 10.3. The molecule has 1 rings (SSSR count). The van der Waals surface area contributed by atoms with Gasteiger partial charge in [-0.05, 0) is 38.5 Å². The van der Waals surface area contributed by atoms with E-state index in [4.69, 9.17) is 9.84 Å². The monoisotopic (exact) mass is 261 g/mol. The van der Waals surface area contributed by atoms with Crippen molar-refractivity contribution in [1.29, 1.82) is 0 Å². The Morgan fingerprint density at radius 2 is 2.16 bits per heavy atom. The van der Waals surface area contributed by atoms with Crippen LogP contribution in [0.3, 0.4) is 0 Å². The molecule has 4 heteroatoms. The van der Waals surface area contributed by atoms with Gasteiger partial charge in [0.15, 0.2) is 0 Å². The van der Waals surface area contributed by atoms with Crippen molar-refractivity contribution in [2.24, 2.45) is 0 Å². The number of ether oxygens (including phenoxy) is 1. The van der Waals surface area contributed by atoms with Crippen molar-refractivity contribution in [3.05, 3.63) is 35.4 Å². The number of carbonyl (C=O) groups is 1. The molecular weight excluding hydrogens is 242 g/mol. The van der Waals surface area contributed by atoms with Crippen molar-refractivity contribution in [1.82, 2.24) is 5.32 Å². The molecule has 19 heavy (non-hydrogen) atoms. The van der Waals surface area contributed by atoms with E-state index in [1.807, 2.05) is 18.2 Å². The van der Waals surface area contributed by atoms with Crippen LogP contribution < -0.4 is 5.32 Å². The molecule has 102 valence electrons. The van der Waals surface area contributed by atoms with Gasteiger partial charge in [-0.2, -0.15) is 0 Å². The highest BCUT2D eigenvalue weighted by Crippen LogP contribution is 2.06. The number of nitrogens with one attached hydrogen (secondary N) is 1. The first-order valence-electron chi connectivity index (χ1n) is 6.06. The van der Waals surface area contributed by atoms with Crippen molar-refractivity contribution in [3.63, 3.8) is 0 Å². The summed E-state index contributed by atoms with van der Waals surface area (Å²) in [6, 6.07) is 7.31. The molecule has 1 amide bonds. The van der Waals surface area contributed by atoms with Gasteiger partial charge in [0.1, 0.15) is 5.60 Å². The lowest BCUT2D eigenvalue weighted by Gasteiger charge is -2.18. The predicted molar refractivity (Wildman–Crippen MR) is 73.5 cm³/mol. The average molecular weight is 261 g/mol. The molecule has 0 aromatic heterocycles. The van der Waals surface area contributed by atoms with Crippen LogP contribution in [0.2, 0.25) is 0 Å². The molecule has 0 heterocycles. The van der Waals surface area contributed by atoms with Crippen LogP contribution in [0, 0.1) is 11.8 Å². The quantitative estimate of drug-likeness (QED) is 0.801. The molecule has 0 unspecified atom stereocenters. The van der Waals surface area contributed by atoms with E-state index in [1.165, 1.54) is 0 Å². The second kappa shape index (κ2) is 6.81. The molecule has 0 fully saturated rings. The third-order valence-corrected chi connectivity index (χ3v) is 2.06. The number of alkyl carbamates (subject to hydrolysis) is 1. The maximum absolute atomic E-state index is 11.3. The molecule has 0 saturated heterocycles. The standard InChI is InChI=1S/C15H19NO3/c1-15(2,3)19-14(18)16-9-5-8-12-6-4-7-13(10-12)11-17/h4,6-7,10,17H,9,11H2,1-3H3,(H,16,18). The van der Waals surface area contributed by atoms with Crippen LogP contribution in [0.1, 0.15) is 31.9 Å². The minimum absolute atomic E-state index is 0.00826. The highest BCUT2D eigenvalue weighted by Gasteiger charge is 2.14. The van der Waals surface area contributed by atoms with Crippen LogP contribution in [0.4, 0.5) is 4.79 Å². The van der Waals surface area contributed by atoms with E-state index < -0.39 is 11.7 Å². The van der Waals surface area contributed by atoms with Gasteiger partial charge >= 0.3 is 6.09 Å². The highest BCUT2D eigenvalue weighted by molar-refractivity contribution is 5.68. The van der Waals surface area contributed by atoms with E-state index in [1.54, 1.807) is 26.8 Å². The second-order valence-electron chi connectivity index (χ2n) is 5.02. The number of carbonyl (C=O) groups excluding carboxylic acids is 1. The van der Waals surface area contributed by atoms with Crippen LogP contribution in [0.15, 0.2) is 24.3 Å². The Morgan fingerprint density at radius 3 is 2.79 bits per heavy atom. The fraction of sp³-hybridized carbons (Fsp3) is 0.400. The van der Waals surface area contributed by atoms with Gasteiger partial charge in [0, 0.05) is 5.56 Å². The average Bonchev–Trinajstić information content (AvgIpc) is 2.33. The Balaban J connectivity index is 2.45. The molecule has 0 radical (unpaired) electrons. The van der Waals surface area contributed by atoms with E-state index in [-0.39, 0.29) is 13.2 Å². The summed E-state index contributed by atoms with van der Waals surface area (Å²) in [4.78, 5) is 11.3. The third-order valence-electron chi connectivity index (χ3n) is 2.06. The van der Waals surface area contributed by atoms with Gasteiger partial charge in [0.05, 0.1) is 13.2 Å². The Hall–Kier alpha value is -1.99. The smallest absolute Gasteiger partial charge is 0.408 e. The summed E-state index contributed by atoms with van der Waals surface area (Å²) in [5.74, 6) is 5.73. The van der Waals surface area contributed by atoms with Gasteiger partial charge in [0.2, 0.25) is 0 Å². The van der Waals surface area contributed by atoms with Crippen LogP contribution in [-0.4, -0.2) is 23.3 Å². The molecule has 0 aliphatic heterocycles. The van der Waals surface area contributed by atoms with Crippen LogP contribution >= 0.6 is 0 Å². The van der Waals surface area contributed by atoms with Crippen molar-refractivity contribution in [2.75, 3.05) is 6.54 Å². The van der Waals surface area contributed by atoms with E-state index in [2.05, 4.69) is 17.2 Å². The fourth-order valence-corrected chi connectivity index (χ4v) is 1.32. The molecule has 0 aliphatic rings. The second-order valence-corrected chi connectivity index (χ2v) is 5.02. The number of hydrogen-bond acceptors (Lipinski definition) is 3. The van der Waals surface area contributed by atoms with Gasteiger partial charge in [-0.3, -0.25) is 0 Å². The molecule has 4 nitrogen and oxygen atoms in total. The lowest BCUT2D eigenvalue weighted by molar-refractivity contribution is 0.0535. The van der Waals surface area contributed by atoms with Crippen LogP contribution in [-0.2, 0) is 11.3 Å².